The van der Waals surface area contributed by atoms with Crippen molar-refractivity contribution < 1.29 is 33.3 Å². The summed E-state index contributed by atoms with van der Waals surface area (Å²) in [5.74, 6) is -0.540. The van der Waals surface area contributed by atoms with E-state index in [2.05, 4.69) is 37.7 Å². The molecule has 2 saturated heterocycles. The lowest BCUT2D eigenvalue weighted by Gasteiger charge is -2.36. The molecule has 0 bridgehead atoms. The van der Waals surface area contributed by atoms with Gasteiger partial charge in [0.05, 0.1) is 50.8 Å². The van der Waals surface area contributed by atoms with Gasteiger partial charge in [0.1, 0.15) is 11.9 Å². The van der Waals surface area contributed by atoms with Gasteiger partial charge in [-0.1, -0.05) is 61.0 Å². The van der Waals surface area contributed by atoms with E-state index in [1.54, 1.807) is 6.07 Å². The Balaban J connectivity index is 1.46. The Morgan fingerprint density at radius 2 is 1.63 bits per heavy atom. The van der Waals surface area contributed by atoms with E-state index in [4.69, 9.17) is 35.3 Å². The van der Waals surface area contributed by atoms with Crippen LogP contribution >= 0.6 is 34.2 Å². The molecule has 4 rings (SSSR count). The van der Waals surface area contributed by atoms with Gasteiger partial charge in [-0.15, -0.1) is 0 Å². The fraction of sp³-hybridized carbons (Fsp3) is 0.647. The van der Waals surface area contributed by atoms with Crippen molar-refractivity contribution in [3.05, 3.63) is 51.3 Å². The number of carbonyl (C=O) groups is 2. The van der Waals surface area contributed by atoms with Crippen molar-refractivity contribution in [3.63, 3.8) is 0 Å². The van der Waals surface area contributed by atoms with Crippen LogP contribution in [0.2, 0.25) is 5.02 Å². The van der Waals surface area contributed by atoms with E-state index < -0.39 is 11.9 Å². The minimum Gasteiger partial charge on any atom is -0.493 e. The lowest BCUT2D eigenvalue weighted by atomic mass is 9.81. The molecular weight excluding hydrogens is 725 g/mol. The summed E-state index contributed by atoms with van der Waals surface area (Å²) in [6, 6.07) is 5.56. The van der Waals surface area contributed by atoms with Gasteiger partial charge >= 0.3 is 11.9 Å². The molecular formula is C34H49ClIN3O7. The normalized spacial score (nSPS) is 19.9. The van der Waals surface area contributed by atoms with E-state index in [0.717, 1.165) is 43.1 Å². The van der Waals surface area contributed by atoms with E-state index in [0.29, 0.717) is 85.3 Å². The molecule has 0 aliphatic carbocycles. The highest BCUT2D eigenvalue weighted by atomic mass is 127. The lowest BCUT2D eigenvalue weighted by Crippen LogP contribution is -2.49. The van der Waals surface area contributed by atoms with Gasteiger partial charge in [-0.2, -0.15) is 0 Å². The number of ether oxygens (including phenoxy) is 5. The number of nitrogens with zero attached hydrogens (tertiary/aromatic N) is 2. The minimum atomic E-state index is -0.443. The maximum atomic E-state index is 14.1. The summed E-state index contributed by atoms with van der Waals surface area (Å²) < 4.78 is 29.6. The number of hydrogen-bond acceptors (Lipinski definition) is 10. The molecule has 46 heavy (non-hydrogen) atoms. The maximum Gasteiger partial charge on any atom is 0.336 e. The number of hydrogen-bond donors (Lipinski definition) is 1. The number of allylic oxidation sites excluding steroid dienone is 2. The van der Waals surface area contributed by atoms with Crippen molar-refractivity contribution in [3.8, 4) is 5.75 Å². The van der Waals surface area contributed by atoms with E-state index in [1.807, 2.05) is 39.8 Å². The van der Waals surface area contributed by atoms with Gasteiger partial charge < -0.3 is 29.0 Å². The standard InChI is InChI=1S/C34H49ClIN3O7/c1-5-27-30(34(41)46-26(21-38-9-15-42-16-10-38)22-39-11-17-43-18-12-39)29(20-36)37-32(23(2)3)31(27)33(40)45-14-6-13-44-25-8-7-24(4)28(35)19-25/h7-8,19,23,26-27,37H,5-6,9-18,20-22H2,1-4H3. The van der Waals surface area contributed by atoms with Crippen LogP contribution in [0.4, 0.5) is 0 Å². The molecule has 1 unspecified atom stereocenters. The summed E-state index contributed by atoms with van der Waals surface area (Å²) in [6.45, 7) is 15.7. The third kappa shape index (κ3) is 10.3. The topological polar surface area (TPSA) is 98.8 Å². The minimum absolute atomic E-state index is 0.0251. The fourth-order valence-corrected chi connectivity index (χ4v) is 6.74. The second-order valence-electron chi connectivity index (χ2n) is 12.2. The summed E-state index contributed by atoms with van der Waals surface area (Å²) in [5.41, 5.74) is 3.59. The number of benzene rings is 1. The molecule has 0 saturated carbocycles. The Kier molecular flexibility index (Phi) is 14.9. The molecule has 0 spiro atoms. The molecule has 3 aliphatic heterocycles. The van der Waals surface area contributed by atoms with E-state index >= 15 is 0 Å². The van der Waals surface area contributed by atoms with Gasteiger partial charge in [-0.05, 0) is 37.0 Å². The predicted octanol–water partition coefficient (Wildman–Crippen LogP) is 4.77. The van der Waals surface area contributed by atoms with Crippen molar-refractivity contribution in [2.24, 2.45) is 11.8 Å². The Labute approximate surface area is 292 Å². The van der Waals surface area contributed by atoms with Crippen molar-refractivity contribution >= 4 is 46.1 Å². The Morgan fingerprint density at radius 3 is 2.17 bits per heavy atom. The Hall–Kier alpha value is -1.90. The van der Waals surface area contributed by atoms with Crippen LogP contribution in [-0.2, 0) is 28.5 Å². The molecule has 12 heteroatoms. The zero-order valence-electron chi connectivity index (χ0n) is 27.6. The molecule has 3 heterocycles. The molecule has 3 aliphatic rings. The molecule has 1 N–H and O–H groups in total. The van der Waals surface area contributed by atoms with Crippen LogP contribution in [0.15, 0.2) is 40.7 Å². The monoisotopic (exact) mass is 773 g/mol. The zero-order chi connectivity index (χ0) is 33.1. The average molecular weight is 774 g/mol. The molecule has 1 aromatic carbocycles. The molecule has 1 atom stereocenters. The van der Waals surface area contributed by atoms with Crippen LogP contribution in [-0.4, -0.2) is 111 Å². The van der Waals surface area contributed by atoms with Crippen LogP contribution in [0, 0.1) is 18.8 Å². The predicted molar refractivity (Wildman–Crippen MR) is 186 cm³/mol. The molecule has 0 aromatic heterocycles. The number of morpholine rings is 2. The Bertz CT molecular complexity index is 1230. The highest BCUT2D eigenvalue weighted by Gasteiger charge is 2.39. The first-order valence-electron chi connectivity index (χ1n) is 16.4. The van der Waals surface area contributed by atoms with Crippen molar-refractivity contribution in [2.75, 3.05) is 83.3 Å². The number of aryl methyl sites for hydroxylation is 1. The number of carbonyl (C=O) groups excluding carboxylic acids is 2. The van der Waals surface area contributed by atoms with Crippen molar-refractivity contribution in [1.29, 1.82) is 0 Å². The summed E-state index contributed by atoms with van der Waals surface area (Å²) in [4.78, 5) is 32.4. The van der Waals surface area contributed by atoms with Crippen LogP contribution in [0.1, 0.15) is 39.2 Å². The lowest BCUT2D eigenvalue weighted by molar-refractivity contribution is -0.148. The first kappa shape index (κ1) is 36.9. The number of dihydropyridines is 1. The quantitative estimate of drug-likeness (QED) is 0.116. The number of nitrogens with one attached hydrogen (secondary N) is 1. The van der Waals surface area contributed by atoms with Crippen molar-refractivity contribution in [2.45, 2.75) is 46.6 Å². The summed E-state index contributed by atoms with van der Waals surface area (Å²) in [5, 5.41) is 4.10. The number of halogens is 2. The average Bonchev–Trinajstić information content (AvgIpc) is 3.05. The molecule has 10 nitrogen and oxygen atoms in total. The molecule has 0 amide bonds. The third-order valence-electron chi connectivity index (χ3n) is 8.50. The summed E-state index contributed by atoms with van der Waals surface area (Å²) >= 11 is 8.48. The van der Waals surface area contributed by atoms with E-state index in [-0.39, 0.29) is 24.6 Å². The van der Waals surface area contributed by atoms with E-state index in [1.165, 1.54) is 0 Å². The van der Waals surface area contributed by atoms with Gasteiger partial charge in [0, 0.05) is 72.5 Å². The summed E-state index contributed by atoms with van der Waals surface area (Å²) in [6.07, 6.45) is 0.737. The van der Waals surface area contributed by atoms with Crippen LogP contribution < -0.4 is 10.1 Å². The molecule has 1 aromatic rings. The fourth-order valence-electron chi connectivity index (χ4n) is 5.97. The number of alkyl halides is 1. The Morgan fingerprint density at radius 1 is 1.00 bits per heavy atom. The first-order chi connectivity index (χ1) is 22.2. The highest BCUT2D eigenvalue weighted by molar-refractivity contribution is 14.1. The van der Waals surface area contributed by atoms with Crippen LogP contribution in [0.3, 0.4) is 0 Å². The number of rotatable bonds is 15. The second-order valence-corrected chi connectivity index (χ2v) is 13.4. The smallest absolute Gasteiger partial charge is 0.336 e. The van der Waals surface area contributed by atoms with Gasteiger partial charge in [-0.3, -0.25) is 9.80 Å². The van der Waals surface area contributed by atoms with Gasteiger partial charge in [0.25, 0.3) is 0 Å². The second kappa shape index (κ2) is 18.6. The van der Waals surface area contributed by atoms with Crippen molar-refractivity contribution in [1.82, 2.24) is 15.1 Å². The van der Waals surface area contributed by atoms with E-state index in [9.17, 15) is 9.59 Å². The van der Waals surface area contributed by atoms with Gasteiger partial charge in [-0.25, -0.2) is 9.59 Å². The maximum absolute atomic E-state index is 14.1. The molecule has 0 radical (unpaired) electrons. The highest BCUT2D eigenvalue weighted by Crippen LogP contribution is 2.37. The SMILES string of the molecule is CCC1C(C(=O)OC(CN2CCOCC2)CN2CCOCC2)=C(CI)NC(C(C)C)=C1C(=O)OCCCOc1ccc(C)c(Cl)c1. The van der Waals surface area contributed by atoms with Crippen LogP contribution in [0.5, 0.6) is 5.75 Å². The number of esters is 2. The zero-order valence-corrected chi connectivity index (χ0v) is 30.5. The largest absolute Gasteiger partial charge is 0.493 e. The van der Waals surface area contributed by atoms with Gasteiger partial charge in [0.15, 0.2) is 0 Å². The van der Waals surface area contributed by atoms with Gasteiger partial charge in [0.2, 0.25) is 0 Å². The molecule has 2 fully saturated rings. The first-order valence-corrected chi connectivity index (χ1v) is 18.3. The summed E-state index contributed by atoms with van der Waals surface area (Å²) in [7, 11) is 0. The third-order valence-corrected chi connectivity index (χ3v) is 9.67. The molecule has 256 valence electrons. The van der Waals surface area contributed by atoms with Crippen LogP contribution in [0.25, 0.3) is 0 Å².